The van der Waals surface area contributed by atoms with E-state index in [0.29, 0.717) is 15.9 Å². The van der Waals surface area contributed by atoms with E-state index in [0.717, 1.165) is 0 Å². The summed E-state index contributed by atoms with van der Waals surface area (Å²) in [6.45, 7) is 0. The number of methoxy groups -OCH3 is 1. The lowest BCUT2D eigenvalue weighted by Gasteiger charge is -2.03. The number of sulfonamides is 1. The van der Waals surface area contributed by atoms with Gasteiger partial charge in [-0.05, 0) is 18.2 Å². The summed E-state index contributed by atoms with van der Waals surface area (Å²) in [5.74, 6) is 0.147. The predicted molar refractivity (Wildman–Crippen MR) is 77.2 cm³/mol. The fourth-order valence-electron chi connectivity index (χ4n) is 1.89. The van der Waals surface area contributed by atoms with Crippen LogP contribution in [0.3, 0.4) is 0 Å². The van der Waals surface area contributed by atoms with Crippen molar-refractivity contribution in [1.29, 1.82) is 0 Å². The molecule has 0 saturated carbocycles. The molecule has 110 valence electrons. The van der Waals surface area contributed by atoms with Crippen LogP contribution < -0.4 is 9.46 Å². The van der Waals surface area contributed by atoms with Crippen molar-refractivity contribution in [3.8, 4) is 5.95 Å². The average molecular weight is 328 g/mol. The van der Waals surface area contributed by atoms with Crippen molar-refractivity contribution < 1.29 is 17.7 Å². The van der Waals surface area contributed by atoms with Gasteiger partial charge in [-0.15, -0.1) is 0 Å². The average Bonchev–Trinajstić information content (AvgIpc) is 3.04. The van der Waals surface area contributed by atoms with E-state index in [1.165, 1.54) is 19.4 Å². The largest absolute Gasteiger partial charge is 0.467 e. The molecule has 7 nitrogen and oxygen atoms in total. The van der Waals surface area contributed by atoms with Crippen LogP contribution in [0.15, 0.2) is 39.9 Å². The van der Waals surface area contributed by atoms with E-state index in [-0.39, 0.29) is 16.7 Å². The lowest BCUT2D eigenvalue weighted by atomic mass is 10.2. The zero-order valence-electron chi connectivity index (χ0n) is 10.8. The summed E-state index contributed by atoms with van der Waals surface area (Å²) in [6.07, 6.45) is 1.39. The maximum absolute atomic E-state index is 12.4. The van der Waals surface area contributed by atoms with E-state index >= 15 is 0 Å². The molecule has 0 aliphatic heterocycles. The number of benzene rings is 1. The molecule has 0 bridgehead atoms. The van der Waals surface area contributed by atoms with Gasteiger partial charge in [0.2, 0.25) is 0 Å². The molecule has 3 aromatic rings. The second kappa shape index (κ2) is 4.97. The van der Waals surface area contributed by atoms with E-state index < -0.39 is 10.0 Å². The summed E-state index contributed by atoms with van der Waals surface area (Å²) in [5.41, 5.74) is 0.626. The number of fused-ring (bicyclic) bond motifs is 1. The SMILES string of the molecule is COc1cc(NS(=O)(=O)c2c[nH]c3cc(Cl)ccc23)no1. The van der Waals surface area contributed by atoms with Gasteiger partial charge in [-0.25, -0.2) is 8.42 Å². The Bertz CT molecular complexity index is 900. The van der Waals surface area contributed by atoms with Gasteiger partial charge in [0.05, 0.1) is 13.2 Å². The highest BCUT2D eigenvalue weighted by molar-refractivity contribution is 7.93. The molecule has 21 heavy (non-hydrogen) atoms. The van der Waals surface area contributed by atoms with Gasteiger partial charge in [0.15, 0.2) is 5.82 Å². The summed E-state index contributed by atoms with van der Waals surface area (Å²) in [7, 11) is -2.42. The number of ether oxygens (including phenoxy) is 1. The van der Waals surface area contributed by atoms with Crippen molar-refractivity contribution in [2.24, 2.45) is 0 Å². The van der Waals surface area contributed by atoms with Crippen LogP contribution in [0.25, 0.3) is 10.9 Å². The molecule has 0 aliphatic carbocycles. The van der Waals surface area contributed by atoms with Gasteiger partial charge >= 0.3 is 5.95 Å². The Kier molecular flexibility index (Phi) is 3.26. The van der Waals surface area contributed by atoms with Crippen LogP contribution in [-0.4, -0.2) is 25.7 Å². The lowest BCUT2D eigenvalue weighted by molar-refractivity contribution is 0.261. The number of nitrogens with one attached hydrogen (secondary N) is 2. The van der Waals surface area contributed by atoms with Crippen LogP contribution in [0.4, 0.5) is 5.82 Å². The zero-order valence-corrected chi connectivity index (χ0v) is 12.3. The van der Waals surface area contributed by atoms with E-state index in [9.17, 15) is 8.42 Å². The monoisotopic (exact) mass is 327 g/mol. The molecule has 0 unspecified atom stereocenters. The number of halogens is 1. The first kappa shape index (κ1) is 13.8. The summed E-state index contributed by atoms with van der Waals surface area (Å²) in [4.78, 5) is 2.96. The molecule has 2 N–H and O–H groups in total. The summed E-state index contributed by atoms with van der Waals surface area (Å²) in [6, 6.07) is 6.24. The fraction of sp³-hybridized carbons (Fsp3) is 0.0833. The van der Waals surface area contributed by atoms with E-state index in [1.54, 1.807) is 18.2 Å². The molecule has 0 amide bonds. The zero-order chi connectivity index (χ0) is 15.0. The maximum atomic E-state index is 12.4. The van der Waals surface area contributed by atoms with Gasteiger partial charge in [-0.2, -0.15) is 0 Å². The summed E-state index contributed by atoms with van der Waals surface area (Å²) < 4.78 is 36.6. The van der Waals surface area contributed by atoms with Crippen molar-refractivity contribution in [2.75, 3.05) is 11.8 Å². The highest BCUT2D eigenvalue weighted by Gasteiger charge is 2.21. The summed E-state index contributed by atoms with van der Waals surface area (Å²) >= 11 is 5.87. The molecule has 0 atom stereocenters. The van der Waals surface area contributed by atoms with Crippen molar-refractivity contribution in [1.82, 2.24) is 10.1 Å². The molecule has 0 saturated heterocycles. The second-order valence-electron chi connectivity index (χ2n) is 4.18. The topological polar surface area (TPSA) is 97.2 Å². The lowest BCUT2D eigenvalue weighted by Crippen LogP contribution is -2.12. The van der Waals surface area contributed by atoms with Crippen LogP contribution in [0.2, 0.25) is 5.02 Å². The van der Waals surface area contributed by atoms with Gasteiger partial charge in [-0.1, -0.05) is 16.8 Å². The first-order valence-corrected chi connectivity index (χ1v) is 7.66. The predicted octanol–water partition coefficient (Wildman–Crippen LogP) is 2.62. The minimum atomic E-state index is -3.81. The minimum Gasteiger partial charge on any atom is -0.467 e. The number of hydrogen-bond donors (Lipinski definition) is 2. The standard InChI is InChI=1S/C12H10ClN3O4S/c1-19-12-5-11(15-20-12)16-21(17,18)10-6-14-9-4-7(13)2-3-8(9)10/h2-6,14H,1H3,(H,15,16). The Morgan fingerprint density at radius 2 is 2.19 bits per heavy atom. The number of rotatable bonds is 4. The van der Waals surface area contributed by atoms with Crippen LogP contribution >= 0.6 is 11.6 Å². The Labute approximate surface area is 124 Å². The third-order valence-corrected chi connectivity index (χ3v) is 4.45. The molecule has 1 aromatic carbocycles. The molecular weight excluding hydrogens is 318 g/mol. The smallest absolute Gasteiger partial charge is 0.313 e. The second-order valence-corrected chi connectivity index (χ2v) is 6.27. The number of aromatic amines is 1. The van der Waals surface area contributed by atoms with Crippen LogP contribution in [0, 0.1) is 0 Å². The Hall–Kier alpha value is -2.19. The summed E-state index contributed by atoms with van der Waals surface area (Å²) in [5, 5.41) is 4.60. The normalized spacial score (nSPS) is 11.7. The molecule has 2 heterocycles. The maximum Gasteiger partial charge on any atom is 0.313 e. The highest BCUT2D eigenvalue weighted by Crippen LogP contribution is 2.27. The van der Waals surface area contributed by atoms with Gasteiger partial charge in [0.25, 0.3) is 10.0 Å². The van der Waals surface area contributed by atoms with Crippen molar-refractivity contribution in [3.63, 3.8) is 0 Å². The minimum absolute atomic E-state index is 0.0372. The quantitative estimate of drug-likeness (QED) is 0.767. The Morgan fingerprint density at radius 1 is 1.38 bits per heavy atom. The van der Waals surface area contributed by atoms with Crippen molar-refractivity contribution >= 4 is 38.3 Å². The van der Waals surface area contributed by atoms with E-state index in [4.69, 9.17) is 20.9 Å². The van der Waals surface area contributed by atoms with Crippen LogP contribution in [-0.2, 0) is 10.0 Å². The first-order chi connectivity index (χ1) is 9.99. The third kappa shape index (κ3) is 2.55. The number of nitrogens with zero attached hydrogens (tertiary/aromatic N) is 1. The van der Waals surface area contributed by atoms with Gasteiger partial charge < -0.3 is 14.2 Å². The molecule has 0 aliphatic rings. The van der Waals surface area contributed by atoms with Crippen LogP contribution in [0.1, 0.15) is 0 Å². The molecule has 3 rings (SSSR count). The molecule has 9 heteroatoms. The van der Waals surface area contributed by atoms with Gasteiger partial charge in [0.1, 0.15) is 4.90 Å². The molecular formula is C12H10ClN3O4S. The van der Waals surface area contributed by atoms with Crippen LogP contribution in [0.5, 0.6) is 5.95 Å². The molecule has 0 spiro atoms. The Morgan fingerprint density at radius 3 is 2.90 bits per heavy atom. The van der Waals surface area contributed by atoms with Gasteiger partial charge in [-0.3, -0.25) is 4.72 Å². The van der Waals surface area contributed by atoms with E-state index in [1.807, 2.05) is 0 Å². The fourth-order valence-corrected chi connectivity index (χ4v) is 3.22. The molecule has 0 radical (unpaired) electrons. The molecule has 0 fully saturated rings. The van der Waals surface area contributed by atoms with Crippen molar-refractivity contribution in [3.05, 3.63) is 35.5 Å². The van der Waals surface area contributed by atoms with Crippen molar-refractivity contribution in [2.45, 2.75) is 4.90 Å². The number of anilines is 1. The third-order valence-electron chi connectivity index (χ3n) is 2.82. The van der Waals surface area contributed by atoms with E-state index in [2.05, 4.69) is 14.9 Å². The Balaban J connectivity index is 2.00. The number of hydrogen-bond acceptors (Lipinski definition) is 5. The first-order valence-electron chi connectivity index (χ1n) is 5.80. The number of aromatic nitrogens is 2. The van der Waals surface area contributed by atoms with Gasteiger partial charge in [0, 0.05) is 22.1 Å². The number of H-pyrrole nitrogens is 1. The highest BCUT2D eigenvalue weighted by atomic mass is 35.5. The molecule has 2 aromatic heterocycles.